The van der Waals surface area contributed by atoms with E-state index in [2.05, 4.69) is 22.5 Å². The Balaban J connectivity index is 2.00. The van der Waals surface area contributed by atoms with E-state index in [1.807, 2.05) is 0 Å². The third-order valence-corrected chi connectivity index (χ3v) is 3.08. The smallest absolute Gasteiger partial charge is 0.314 e. The van der Waals surface area contributed by atoms with Gasteiger partial charge in [0.25, 0.3) is 0 Å². The molecule has 1 unspecified atom stereocenters. The minimum Gasteiger partial charge on any atom is -0.396 e. The molecule has 0 aromatic carbocycles. The summed E-state index contributed by atoms with van der Waals surface area (Å²) in [6.45, 7) is 6.84. The lowest BCUT2D eigenvalue weighted by atomic mass is 10.0. The van der Waals surface area contributed by atoms with E-state index in [-0.39, 0.29) is 12.6 Å². The largest absolute Gasteiger partial charge is 0.396 e. The number of amides is 2. The van der Waals surface area contributed by atoms with Gasteiger partial charge < -0.3 is 20.6 Å². The fourth-order valence-corrected chi connectivity index (χ4v) is 2.16. The molecule has 0 bridgehead atoms. The van der Waals surface area contributed by atoms with Gasteiger partial charge in [0.1, 0.15) is 0 Å². The average molecular weight is 243 g/mol. The second-order valence-corrected chi connectivity index (χ2v) is 4.81. The molecule has 17 heavy (non-hydrogen) atoms. The van der Waals surface area contributed by atoms with Gasteiger partial charge in [-0.25, -0.2) is 4.79 Å². The maximum atomic E-state index is 11.3. The number of carbonyl (C=O) groups is 1. The molecule has 0 aliphatic carbocycles. The van der Waals surface area contributed by atoms with Gasteiger partial charge >= 0.3 is 6.03 Å². The number of carbonyl (C=O) groups excluding carboxylic acids is 1. The Labute approximate surface area is 104 Å². The van der Waals surface area contributed by atoms with Gasteiger partial charge in [-0.15, -0.1) is 0 Å². The van der Waals surface area contributed by atoms with Crippen LogP contribution < -0.4 is 10.6 Å². The van der Waals surface area contributed by atoms with E-state index in [1.165, 1.54) is 12.8 Å². The van der Waals surface area contributed by atoms with Crippen LogP contribution in [-0.4, -0.2) is 55.4 Å². The molecule has 1 heterocycles. The Morgan fingerprint density at radius 3 is 2.88 bits per heavy atom. The zero-order valence-corrected chi connectivity index (χ0v) is 10.7. The van der Waals surface area contributed by atoms with Gasteiger partial charge in [-0.2, -0.15) is 0 Å². The number of aliphatic hydroxyl groups is 1. The Morgan fingerprint density at radius 1 is 1.41 bits per heavy atom. The first kappa shape index (κ1) is 14.3. The highest BCUT2D eigenvalue weighted by molar-refractivity contribution is 5.73. The highest BCUT2D eigenvalue weighted by atomic mass is 16.3. The van der Waals surface area contributed by atoms with Gasteiger partial charge in [0, 0.05) is 32.8 Å². The van der Waals surface area contributed by atoms with E-state index < -0.39 is 0 Å². The van der Waals surface area contributed by atoms with E-state index in [0.717, 1.165) is 25.6 Å². The number of hydrogen-bond acceptors (Lipinski definition) is 3. The van der Waals surface area contributed by atoms with E-state index in [1.54, 1.807) is 0 Å². The molecule has 0 spiro atoms. The monoisotopic (exact) mass is 243 g/mol. The highest BCUT2D eigenvalue weighted by Crippen LogP contribution is 2.14. The SMILES string of the molecule is CC1CCCN(CCNC(=O)NCCCO)C1. The first-order chi connectivity index (χ1) is 8.22. The zero-order chi connectivity index (χ0) is 12.5. The lowest BCUT2D eigenvalue weighted by molar-refractivity contribution is 0.183. The summed E-state index contributed by atoms with van der Waals surface area (Å²) in [7, 11) is 0. The lowest BCUT2D eigenvalue weighted by Gasteiger charge is -2.30. The fourth-order valence-electron chi connectivity index (χ4n) is 2.16. The quantitative estimate of drug-likeness (QED) is 0.592. The zero-order valence-electron chi connectivity index (χ0n) is 10.7. The molecule has 5 nitrogen and oxygen atoms in total. The van der Waals surface area contributed by atoms with Crippen molar-refractivity contribution in [3.63, 3.8) is 0 Å². The van der Waals surface area contributed by atoms with Crippen LogP contribution in [0.3, 0.4) is 0 Å². The predicted molar refractivity (Wildman–Crippen MR) is 67.9 cm³/mol. The normalized spacial score (nSPS) is 21.2. The number of likely N-dealkylation sites (tertiary alicyclic amines) is 1. The van der Waals surface area contributed by atoms with Crippen molar-refractivity contribution in [2.24, 2.45) is 5.92 Å². The summed E-state index contributed by atoms with van der Waals surface area (Å²) in [6.07, 6.45) is 3.20. The van der Waals surface area contributed by atoms with Crippen LogP contribution in [-0.2, 0) is 0 Å². The minimum absolute atomic E-state index is 0.117. The van der Waals surface area contributed by atoms with Crippen molar-refractivity contribution < 1.29 is 9.90 Å². The lowest BCUT2D eigenvalue weighted by Crippen LogP contribution is -2.43. The topological polar surface area (TPSA) is 64.6 Å². The van der Waals surface area contributed by atoms with Crippen LogP contribution in [0.25, 0.3) is 0 Å². The molecule has 1 saturated heterocycles. The number of hydrogen-bond donors (Lipinski definition) is 3. The summed E-state index contributed by atoms with van der Waals surface area (Å²) in [6, 6.07) is -0.136. The second kappa shape index (κ2) is 8.31. The third-order valence-electron chi connectivity index (χ3n) is 3.08. The van der Waals surface area contributed by atoms with Gasteiger partial charge in [-0.05, 0) is 31.7 Å². The van der Waals surface area contributed by atoms with Gasteiger partial charge in [-0.1, -0.05) is 6.92 Å². The van der Waals surface area contributed by atoms with Gasteiger partial charge in [0.2, 0.25) is 0 Å². The maximum absolute atomic E-state index is 11.3. The molecule has 3 N–H and O–H groups in total. The van der Waals surface area contributed by atoms with Crippen molar-refractivity contribution in [1.29, 1.82) is 0 Å². The third kappa shape index (κ3) is 6.48. The Hall–Kier alpha value is -0.810. The van der Waals surface area contributed by atoms with Crippen molar-refractivity contribution in [2.45, 2.75) is 26.2 Å². The molecule has 1 atom stereocenters. The van der Waals surface area contributed by atoms with Gasteiger partial charge in [0.15, 0.2) is 0 Å². The standard InChI is InChI=1S/C12H25N3O2/c1-11-4-2-7-15(10-11)8-6-14-12(17)13-5-3-9-16/h11,16H,2-10H2,1H3,(H2,13,14,17). The Kier molecular flexibility index (Phi) is 6.96. The number of piperidine rings is 1. The van der Waals surface area contributed by atoms with Crippen LogP contribution in [0.2, 0.25) is 0 Å². The summed E-state index contributed by atoms with van der Waals surface area (Å²) in [5.41, 5.74) is 0. The first-order valence-corrected chi connectivity index (χ1v) is 6.57. The van der Waals surface area contributed by atoms with Crippen molar-refractivity contribution in [2.75, 3.05) is 39.3 Å². The number of nitrogens with one attached hydrogen (secondary N) is 2. The molecule has 0 radical (unpaired) electrons. The molecule has 1 fully saturated rings. The molecule has 0 aromatic heterocycles. The number of rotatable bonds is 6. The van der Waals surface area contributed by atoms with Crippen LogP contribution in [0.15, 0.2) is 0 Å². The second-order valence-electron chi connectivity index (χ2n) is 4.81. The van der Waals surface area contributed by atoms with E-state index in [0.29, 0.717) is 19.5 Å². The molecular formula is C12H25N3O2. The average Bonchev–Trinajstić information content (AvgIpc) is 2.29. The summed E-state index contributed by atoms with van der Waals surface area (Å²) in [4.78, 5) is 13.7. The van der Waals surface area contributed by atoms with Crippen molar-refractivity contribution >= 4 is 6.03 Å². The first-order valence-electron chi connectivity index (χ1n) is 6.57. The fraction of sp³-hybridized carbons (Fsp3) is 0.917. The van der Waals surface area contributed by atoms with Crippen molar-refractivity contribution in [3.05, 3.63) is 0 Å². The van der Waals surface area contributed by atoms with E-state index in [9.17, 15) is 4.79 Å². The van der Waals surface area contributed by atoms with Crippen LogP contribution in [0.5, 0.6) is 0 Å². The van der Waals surface area contributed by atoms with Gasteiger partial charge in [-0.3, -0.25) is 0 Å². The molecule has 1 aliphatic rings. The molecule has 2 amide bonds. The minimum atomic E-state index is -0.136. The highest BCUT2D eigenvalue weighted by Gasteiger charge is 2.15. The molecule has 100 valence electrons. The van der Waals surface area contributed by atoms with Crippen LogP contribution in [0, 0.1) is 5.92 Å². The molecular weight excluding hydrogens is 218 g/mol. The molecule has 0 saturated carbocycles. The Bertz CT molecular complexity index is 224. The van der Waals surface area contributed by atoms with Crippen LogP contribution in [0.1, 0.15) is 26.2 Å². The maximum Gasteiger partial charge on any atom is 0.314 e. The number of nitrogens with zero attached hydrogens (tertiary/aromatic N) is 1. The Morgan fingerprint density at radius 2 is 2.18 bits per heavy atom. The van der Waals surface area contributed by atoms with Crippen molar-refractivity contribution in [3.8, 4) is 0 Å². The van der Waals surface area contributed by atoms with E-state index >= 15 is 0 Å². The molecule has 1 rings (SSSR count). The number of aliphatic hydroxyl groups excluding tert-OH is 1. The van der Waals surface area contributed by atoms with Crippen LogP contribution in [0.4, 0.5) is 4.79 Å². The summed E-state index contributed by atoms with van der Waals surface area (Å²) in [5.74, 6) is 0.780. The molecule has 1 aliphatic heterocycles. The summed E-state index contributed by atoms with van der Waals surface area (Å²) < 4.78 is 0. The molecule has 5 heteroatoms. The van der Waals surface area contributed by atoms with E-state index in [4.69, 9.17) is 5.11 Å². The van der Waals surface area contributed by atoms with Crippen molar-refractivity contribution in [1.82, 2.24) is 15.5 Å². The molecule has 0 aromatic rings. The van der Waals surface area contributed by atoms with Gasteiger partial charge in [0.05, 0.1) is 0 Å². The summed E-state index contributed by atoms with van der Waals surface area (Å²) >= 11 is 0. The summed E-state index contributed by atoms with van der Waals surface area (Å²) in [5, 5.41) is 14.1. The van der Waals surface area contributed by atoms with Crippen LogP contribution >= 0.6 is 0 Å². The predicted octanol–water partition coefficient (Wildman–Crippen LogP) is 0.400. The number of urea groups is 1.